The Morgan fingerprint density at radius 2 is 1.60 bits per heavy atom. The topological polar surface area (TPSA) is 72.8 Å². The van der Waals surface area contributed by atoms with Crippen LogP contribution in [0.4, 0.5) is 5.69 Å². The maximum Gasteiger partial charge on any atom is 0.238 e. The smallest absolute Gasteiger partial charge is 0.238 e. The van der Waals surface area contributed by atoms with E-state index in [-0.39, 0.29) is 25.7 Å². The number of hydrogen-bond acceptors (Lipinski definition) is 4. The minimum atomic E-state index is -0.137. The van der Waals surface area contributed by atoms with Gasteiger partial charge < -0.3 is 15.5 Å². The molecule has 112 valence electrons. The number of nitrogens with one attached hydrogen (secondary N) is 1. The van der Waals surface area contributed by atoms with E-state index in [4.69, 9.17) is 10.2 Å². The first kappa shape index (κ1) is 16.6. The monoisotopic (exact) mass is 280 g/mol. The van der Waals surface area contributed by atoms with Crippen LogP contribution in [0.5, 0.6) is 0 Å². The normalized spacial score (nSPS) is 10.9. The molecule has 0 radical (unpaired) electrons. The fraction of sp³-hybridized carbons (Fsp3) is 0.533. The molecule has 0 saturated heterocycles. The molecule has 0 heterocycles. The van der Waals surface area contributed by atoms with Gasteiger partial charge in [0.1, 0.15) is 0 Å². The molecule has 0 aliphatic heterocycles. The van der Waals surface area contributed by atoms with E-state index in [0.717, 1.165) is 16.8 Å². The molecule has 0 aliphatic carbocycles. The number of carbonyl (C=O) groups excluding carboxylic acids is 1. The van der Waals surface area contributed by atoms with Crippen molar-refractivity contribution in [3.63, 3.8) is 0 Å². The molecular formula is C15H24N2O3. The van der Waals surface area contributed by atoms with Crippen LogP contribution in [0.1, 0.15) is 16.7 Å². The molecule has 0 fully saturated rings. The van der Waals surface area contributed by atoms with Crippen molar-refractivity contribution in [3.8, 4) is 0 Å². The molecule has 3 N–H and O–H groups in total. The molecule has 0 atom stereocenters. The molecule has 0 unspecified atom stereocenters. The molecule has 1 aromatic carbocycles. The SMILES string of the molecule is Cc1cc(C)c(NC(=O)CN(CCO)CCO)c(C)c1. The lowest BCUT2D eigenvalue weighted by molar-refractivity contribution is -0.117. The maximum absolute atomic E-state index is 12.0. The number of nitrogens with zero attached hydrogens (tertiary/aromatic N) is 1. The summed E-state index contributed by atoms with van der Waals surface area (Å²) < 4.78 is 0. The Balaban J connectivity index is 2.70. The minimum Gasteiger partial charge on any atom is -0.395 e. The highest BCUT2D eigenvalue weighted by molar-refractivity contribution is 5.93. The Morgan fingerprint density at radius 3 is 2.05 bits per heavy atom. The first-order valence-corrected chi connectivity index (χ1v) is 6.79. The highest BCUT2D eigenvalue weighted by atomic mass is 16.3. The zero-order chi connectivity index (χ0) is 15.1. The Labute approximate surface area is 120 Å². The second-order valence-corrected chi connectivity index (χ2v) is 5.05. The highest BCUT2D eigenvalue weighted by Crippen LogP contribution is 2.21. The quantitative estimate of drug-likeness (QED) is 0.692. The third kappa shape index (κ3) is 4.92. The van der Waals surface area contributed by atoms with Crippen LogP contribution < -0.4 is 5.32 Å². The Morgan fingerprint density at radius 1 is 1.10 bits per heavy atom. The standard InChI is InChI=1S/C15H24N2O3/c1-11-8-12(2)15(13(3)9-11)16-14(20)10-17(4-6-18)5-7-19/h8-9,18-19H,4-7,10H2,1-3H3,(H,16,20). The fourth-order valence-corrected chi connectivity index (χ4v) is 2.31. The molecule has 0 bridgehead atoms. The zero-order valence-electron chi connectivity index (χ0n) is 12.4. The lowest BCUT2D eigenvalue weighted by Gasteiger charge is -2.20. The van der Waals surface area contributed by atoms with E-state index >= 15 is 0 Å². The van der Waals surface area contributed by atoms with Crippen LogP contribution >= 0.6 is 0 Å². The summed E-state index contributed by atoms with van der Waals surface area (Å²) >= 11 is 0. The van der Waals surface area contributed by atoms with Crippen LogP contribution in [0.3, 0.4) is 0 Å². The number of benzene rings is 1. The summed E-state index contributed by atoms with van der Waals surface area (Å²) in [5, 5.41) is 20.8. The highest BCUT2D eigenvalue weighted by Gasteiger charge is 2.12. The second kappa shape index (κ2) is 7.99. The van der Waals surface area contributed by atoms with E-state index < -0.39 is 0 Å². The van der Waals surface area contributed by atoms with Gasteiger partial charge in [-0.3, -0.25) is 9.69 Å². The lowest BCUT2D eigenvalue weighted by Crippen LogP contribution is -2.37. The average Bonchev–Trinajstić information content (AvgIpc) is 2.34. The average molecular weight is 280 g/mol. The summed E-state index contributed by atoms with van der Waals surface area (Å²) in [6.45, 7) is 6.80. The Hall–Kier alpha value is -1.43. The van der Waals surface area contributed by atoms with Gasteiger partial charge in [-0.1, -0.05) is 17.7 Å². The first-order valence-electron chi connectivity index (χ1n) is 6.79. The predicted octanol–water partition coefficient (Wildman–Crippen LogP) is 0.837. The lowest BCUT2D eigenvalue weighted by atomic mass is 10.1. The molecule has 1 aromatic rings. The van der Waals surface area contributed by atoms with Gasteiger partial charge in [0, 0.05) is 18.8 Å². The van der Waals surface area contributed by atoms with Gasteiger partial charge in [-0.25, -0.2) is 0 Å². The molecule has 0 saturated carbocycles. The van der Waals surface area contributed by atoms with Crippen molar-refractivity contribution in [2.24, 2.45) is 0 Å². The van der Waals surface area contributed by atoms with Gasteiger partial charge >= 0.3 is 0 Å². The van der Waals surface area contributed by atoms with Gasteiger partial charge in [-0.05, 0) is 31.9 Å². The van der Waals surface area contributed by atoms with Crippen LogP contribution in [0.15, 0.2) is 12.1 Å². The van der Waals surface area contributed by atoms with Gasteiger partial charge in [-0.15, -0.1) is 0 Å². The molecule has 0 aromatic heterocycles. The van der Waals surface area contributed by atoms with E-state index in [1.807, 2.05) is 32.9 Å². The summed E-state index contributed by atoms with van der Waals surface area (Å²) in [5.74, 6) is -0.137. The largest absolute Gasteiger partial charge is 0.395 e. The summed E-state index contributed by atoms with van der Waals surface area (Å²) in [4.78, 5) is 13.8. The molecule has 0 aliphatic rings. The zero-order valence-corrected chi connectivity index (χ0v) is 12.4. The maximum atomic E-state index is 12.0. The molecule has 1 amide bonds. The summed E-state index contributed by atoms with van der Waals surface area (Å²) in [6, 6.07) is 4.06. The molecule has 1 rings (SSSR count). The first-order chi connectivity index (χ1) is 9.47. The number of hydrogen-bond donors (Lipinski definition) is 3. The van der Waals surface area contributed by atoms with Crippen molar-refractivity contribution < 1.29 is 15.0 Å². The van der Waals surface area contributed by atoms with E-state index in [1.54, 1.807) is 4.90 Å². The molecule has 5 nitrogen and oxygen atoms in total. The van der Waals surface area contributed by atoms with Gasteiger partial charge in [-0.2, -0.15) is 0 Å². The molecule has 0 spiro atoms. The minimum absolute atomic E-state index is 0.0319. The summed E-state index contributed by atoms with van der Waals surface area (Å²) in [7, 11) is 0. The molecule has 20 heavy (non-hydrogen) atoms. The number of rotatable bonds is 7. The van der Waals surface area contributed by atoms with Crippen LogP contribution in [-0.4, -0.2) is 53.9 Å². The second-order valence-electron chi connectivity index (χ2n) is 5.05. The van der Waals surface area contributed by atoms with Gasteiger partial charge in [0.2, 0.25) is 5.91 Å². The number of aliphatic hydroxyl groups is 2. The van der Waals surface area contributed by atoms with Crippen molar-refractivity contribution in [3.05, 3.63) is 28.8 Å². The van der Waals surface area contributed by atoms with Crippen LogP contribution in [0, 0.1) is 20.8 Å². The van der Waals surface area contributed by atoms with E-state index in [0.29, 0.717) is 13.1 Å². The van der Waals surface area contributed by atoms with E-state index in [1.165, 1.54) is 5.56 Å². The van der Waals surface area contributed by atoms with Crippen molar-refractivity contribution in [1.29, 1.82) is 0 Å². The van der Waals surface area contributed by atoms with Crippen molar-refractivity contribution >= 4 is 11.6 Å². The van der Waals surface area contributed by atoms with Gasteiger partial charge in [0.25, 0.3) is 0 Å². The van der Waals surface area contributed by atoms with E-state index in [2.05, 4.69) is 5.32 Å². The fourth-order valence-electron chi connectivity index (χ4n) is 2.31. The third-order valence-electron chi connectivity index (χ3n) is 3.14. The Bertz CT molecular complexity index is 431. The number of aliphatic hydroxyl groups excluding tert-OH is 2. The number of amides is 1. The van der Waals surface area contributed by atoms with Crippen LogP contribution in [0.2, 0.25) is 0 Å². The van der Waals surface area contributed by atoms with Crippen molar-refractivity contribution in [1.82, 2.24) is 4.90 Å². The Kier molecular flexibility index (Phi) is 6.64. The van der Waals surface area contributed by atoms with Crippen LogP contribution in [-0.2, 0) is 4.79 Å². The van der Waals surface area contributed by atoms with Crippen LogP contribution in [0.25, 0.3) is 0 Å². The summed E-state index contributed by atoms with van der Waals surface area (Å²) in [5.41, 5.74) is 4.08. The van der Waals surface area contributed by atoms with Crippen molar-refractivity contribution in [2.75, 3.05) is 38.2 Å². The predicted molar refractivity (Wildman–Crippen MR) is 79.9 cm³/mol. The molecular weight excluding hydrogens is 256 g/mol. The van der Waals surface area contributed by atoms with Gasteiger partial charge in [0.05, 0.1) is 19.8 Å². The third-order valence-corrected chi connectivity index (χ3v) is 3.14. The van der Waals surface area contributed by atoms with Gasteiger partial charge in [0.15, 0.2) is 0 Å². The summed E-state index contributed by atoms with van der Waals surface area (Å²) in [6.07, 6.45) is 0. The number of carbonyl (C=O) groups is 1. The molecule has 5 heteroatoms. The number of aryl methyl sites for hydroxylation is 3. The van der Waals surface area contributed by atoms with Crippen molar-refractivity contribution in [2.45, 2.75) is 20.8 Å². The van der Waals surface area contributed by atoms with E-state index in [9.17, 15) is 4.79 Å². The number of anilines is 1.